The molecule has 0 radical (unpaired) electrons. The molecule has 0 amide bonds. The van der Waals surface area contributed by atoms with Gasteiger partial charge in [-0.3, -0.25) is 0 Å². The fourth-order valence-electron chi connectivity index (χ4n) is 2.05. The van der Waals surface area contributed by atoms with E-state index in [1.54, 1.807) is 12.1 Å². The summed E-state index contributed by atoms with van der Waals surface area (Å²) in [5, 5.41) is 9.58. The summed E-state index contributed by atoms with van der Waals surface area (Å²) in [4.78, 5) is 2.23. The van der Waals surface area contributed by atoms with Crippen LogP contribution in [0.3, 0.4) is 0 Å². The van der Waals surface area contributed by atoms with E-state index in [2.05, 4.69) is 11.0 Å². The van der Waals surface area contributed by atoms with E-state index in [9.17, 15) is 0 Å². The third kappa shape index (κ3) is 2.07. The molecule has 0 saturated carbocycles. The topological polar surface area (TPSA) is 53.0 Å². The molecule has 0 unspecified atom stereocenters. The first-order valence-electron chi connectivity index (χ1n) is 5.46. The SMILES string of the molecule is N#Cc1cc(N2CCCCC2)c(Cl)cc1N. The van der Waals surface area contributed by atoms with Gasteiger partial charge < -0.3 is 10.6 Å². The molecule has 2 N–H and O–H groups in total. The molecule has 1 aromatic rings. The van der Waals surface area contributed by atoms with Crippen molar-refractivity contribution < 1.29 is 0 Å². The third-order valence-corrected chi connectivity index (χ3v) is 3.24. The summed E-state index contributed by atoms with van der Waals surface area (Å²) >= 11 is 6.16. The van der Waals surface area contributed by atoms with Gasteiger partial charge in [0.2, 0.25) is 0 Å². The van der Waals surface area contributed by atoms with Gasteiger partial charge in [0.15, 0.2) is 0 Å². The lowest BCUT2D eigenvalue weighted by Gasteiger charge is -2.29. The molecular weight excluding hydrogens is 222 g/mol. The Kier molecular flexibility index (Phi) is 3.21. The zero-order valence-electron chi connectivity index (χ0n) is 9.04. The molecule has 1 aliphatic rings. The highest BCUT2D eigenvalue weighted by Gasteiger charge is 2.15. The van der Waals surface area contributed by atoms with Crippen molar-refractivity contribution in [3.05, 3.63) is 22.7 Å². The minimum atomic E-state index is 0.452. The lowest BCUT2D eigenvalue weighted by atomic mass is 10.1. The van der Waals surface area contributed by atoms with Crippen LogP contribution >= 0.6 is 11.6 Å². The second-order valence-corrected chi connectivity index (χ2v) is 4.46. The fourth-order valence-corrected chi connectivity index (χ4v) is 2.34. The van der Waals surface area contributed by atoms with Crippen molar-refractivity contribution in [1.29, 1.82) is 5.26 Å². The van der Waals surface area contributed by atoms with Crippen LogP contribution in [0, 0.1) is 11.3 Å². The highest BCUT2D eigenvalue weighted by atomic mass is 35.5. The number of halogens is 1. The lowest BCUT2D eigenvalue weighted by molar-refractivity contribution is 0.578. The summed E-state index contributed by atoms with van der Waals surface area (Å²) in [6.45, 7) is 2.02. The van der Waals surface area contributed by atoms with E-state index in [1.807, 2.05) is 0 Å². The van der Waals surface area contributed by atoms with Crippen LogP contribution in [0.4, 0.5) is 11.4 Å². The number of benzene rings is 1. The van der Waals surface area contributed by atoms with E-state index in [4.69, 9.17) is 22.6 Å². The van der Waals surface area contributed by atoms with Crippen molar-refractivity contribution in [2.24, 2.45) is 0 Å². The first kappa shape index (κ1) is 11.1. The quantitative estimate of drug-likeness (QED) is 0.762. The standard InChI is InChI=1S/C12H14ClN3/c13-10-7-11(15)9(8-14)6-12(10)16-4-2-1-3-5-16/h6-7H,1-5,15H2. The summed E-state index contributed by atoms with van der Waals surface area (Å²) in [6.07, 6.45) is 3.64. The average Bonchev–Trinajstić information content (AvgIpc) is 2.30. The summed E-state index contributed by atoms with van der Waals surface area (Å²) in [5.74, 6) is 0. The van der Waals surface area contributed by atoms with Gasteiger partial charge >= 0.3 is 0 Å². The number of hydrogen-bond donors (Lipinski definition) is 1. The maximum Gasteiger partial charge on any atom is 0.101 e. The summed E-state index contributed by atoms with van der Waals surface area (Å²) in [7, 11) is 0. The minimum absolute atomic E-state index is 0.452. The largest absolute Gasteiger partial charge is 0.398 e. The fraction of sp³-hybridized carbons (Fsp3) is 0.417. The maximum absolute atomic E-state index is 8.94. The molecule has 4 heteroatoms. The summed E-state index contributed by atoms with van der Waals surface area (Å²) in [5.41, 5.74) is 7.60. The molecule has 0 atom stereocenters. The van der Waals surface area contributed by atoms with E-state index in [1.165, 1.54) is 19.3 Å². The molecule has 84 valence electrons. The van der Waals surface area contributed by atoms with Crippen molar-refractivity contribution >= 4 is 23.0 Å². The first-order chi connectivity index (χ1) is 7.72. The van der Waals surface area contributed by atoms with Gasteiger partial charge in [0, 0.05) is 13.1 Å². The van der Waals surface area contributed by atoms with E-state index >= 15 is 0 Å². The molecule has 2 rings (SSSR count). The second-order valence-electron chi connectivity index (χ2n) is 4.05. The summed E-state index contributed by atoms with van der Waals surface area (Å²) in [6, 6.07) is 5.56. The Labute approximate surface area is 100 Å². The van der Waals surface area contributed by atoms with E-state index in [-0.39, 0.29) is 0 Å². The normalized spacial score (nSPS) is 15.9. The number of piperidine rings is 1. The first-order valence-corrected chi connectivity index (χ1v) is 5.84. The average molecular weight is 236 g/mol. The molecule has 0 aliphatic carbocycles. The van der Waals surface area contributed by atoms with Crippen molar-refractivity contribution in [1.82, 2.24) is 0 Å². The number of nitrogen functional groups attached to an aromatic ring is 1. The van der Waals surface area contributed by atoms with E-state index in [0.717, 1.165) is 18.8 Å². The van der Waals surface area contributed by atoms with Crippen LogP contribution in [0.5, 0.6) is 0 Å². The van der Waals surface area contributed by atoms with Crippen LogP contribution in [0.15, 0.2) is 12.1 Å². The number of nitrogens with two attached hydrogens (primary N) is 1. The van der Waals surface area contributed by atoms with Gasteiger partial charge in [0.1, 0.15) is 6.07 Å². The lowest BCUT2D eigenvalue weighted by Crippen LogP contribution is -2.29. The van der Waals surface area contributed by atoms with Gasteiger partial charge in [0.05, 0.1) is 22.0 Å². The Morgan fingerprint density at radius 3 is 2.56 bits per heavy atom. The number of rotatable bonds is 1. The molecule has 1 aromatic carbocycles. The Morgan fingerprint density at radius 2 is 1.94 bits per heavy atom. The van der Waals surface area contributed by atoms with Crippen LogP contribution in [0.2, 0.25) is 5.02 Å². The van der Waals surface area contributed by atoms with Crippen molar-refractivity contribution in [2.75, 3.05) is 23.7 Å². The number of nitriles is 1. The van der Waals surface area contributed by atoms with Crippen molar-refractivity contribution in [3.63, 3.8) is 0 Å². The van der Waals surface area contributed by atoms with Crippen LogP contribution in [-0.2, 0) is 0 Å². The zero-order valence-corrected chi connectivity index (χ0v) is 9.80. The van der Waals surface area contributed by atoms with Gasteiger partial charge in [0.25, 0.3) is 0 Å². The Balaban J connectivity index is 2.36. The number of nitrogens with zero attached hydrogens (tertiary/aromatic N) is 2. The molecule has 16 heavy (non-hydrogen) atoms. The molecule has 0 aromatic heterocycles. The molecule has 1 fully saturated rings. The monoisotopic (exact) mass is 235 g/mol. The van der Waals surface area contributed by atoms with Crippen molar-refractivity contribution in [2.45, 2.75) is 19.3 Å². The molecule has 1 heterocycles. The Hall–Kier alpha value is -1.40. The molecular formula is C12H14ClN3. The Bertz CT molecular complexity index is 431. The van der Waals surface area contributed by atoms with Gasteiger partial charge in [-0.25, -0.2) is 0 Å². The molecule has 0 bridgehead atoms. The highest BCUT2D eigenvalue weighted by Crippen LogP contribution is 2.32. The molecule has 1 saturated heterocycles. The summed E-state index contributed by atoms with van der Waals surface area (Å²) < 4.78 is 0. The number of hydrogen-bond acceptors (Lipinski definition) is 3. The van der Waals surface area contributed by atoms with Gasteiger partial charge in [-0.05, 0) is 31.4 Å². The Morgan fingerprint density at radius 1 is 1.25 bits per heavy atom. The minimum Gasteiger partial charge on any atom is -0.398 e. The van der Waals surface area contributed by atoms with E-state index in [0.29, 0.717) is 16.3 Å². The second kappa shape index (κ2) is 4.63. The van der Waals surface area contributed by atoms with Gasteiger partial charge in [-0.2, -0.15) is 5.26 Å². The predicted molar refractivity (Wildman–Crippen MR) is 66.6 cm³/mol. The van der Waals surface area contributed by atoms with E-state index < -0.39 is 0 Å². The van der Waals surface area contributed by atoms with Crippen LogP contribution in [0.1, 0.15) is 24.8 Å². The maximum atomic E-state index is 8.94. The molecule has 3 nitrogen and oxygen atoms in total. The number of anilines is 2. The van der Waals surface area contributed by atoms with Gasteiger partial charge in [-0.15, -0.1) is 0 Å². The highest BCUT2D eigenvalue weighted by molar-refractivity contribution is 6.33. The predicted octanol–water partition coefficient (Wildman–Crippen LogP) is 2.78. The third-order valence-electron chi connectivity index (χ3n) is 2.94. The smallest absolute Gasteiger partial charge is 0.101 e. The molecule has 1 aliphatic heterocycles. The van der Waals surface area contributed by atoms with Crippen LogP contribution in [-0.4, -0.2) is 13.1 Å². The van der Waals surface area contributed by atoms with Crippen molar-refractivity contribution in [3.8, 4) is 6.07 Å². The van der Waals surface area contributed by atoms with Gasteiger partial charge in [-0.1, -0.05) is 11.6 Å². The van der Waals surface area contributed by atoms with Crippen LogP contribution in [0.25, 0.3) is 0 Å². The zero-order chi connectivity index (χ0) is 11.5. The molecule has 0 spiro atoms. The van der Waals surface area contributed by atoms with Crippen LogP contribution < -0.4 is 10.6 Å².